The first kappa shape index (κ1) is 14.0. The van der Waals surface area contributed by atoms with Gasteiger partial charge in [0.25, 0.3) is 0 Å². The third-order valence-corrected chi connectivity index (χ3v) is 4.87. The van der Waals surface area contributed by atoms with Gasteiger partial charge in [0.2, 0.25) is 0 Å². The van der Waals surface area contributed by atoms with Gasteiger partial charge in [-0.25, -0.2) is 0 Å². The van der Waals surface area contributed by atoms with Gasteiger partial charge in [0.15, 0.2) is 5.79 Å². The van der Waals surface area contributed by atoms with E-state index in [1.54, 1.807) is 0 Å². The largest absolute Gasteiger partial charge is 0.468 e. The van der Waals surface area contributed by atoms with Crippen molar-refractivity contribution in [2.45, 2.75) is 38.9 Å². The number of ketones is 1. The lowest BCUT2D eigenvalue weighted by Crippen LogP contribution is -2.46. The van der Waals surface area contributed by atoms with Gasteiger partial charge in [0.1, 0.15) is 11.7 Å². The van der Waals surface area contributed by atoms with E-state index in [9.17, 15) is 9.59 Å². The highest BCUT2D eigenvalue weighted by Gasteiger charge is 2.59. The van der Waals surface area contributed by atoms with Gasteiger partial charge in [0.05, 0.1) is 20.3 Å². The Kier molecular flexibility index (Phi) is 3.18. The summed E-state index contributed by atoms with van der Waals surface area (Å²) in [5.41, 5.74) is 0.0283. The second kappa shape index (κ2) is 4.53. The van der Waals surface area contributed by atoms with Crippen molar-refractivity contribution in [2.75, 3.05) is 20.3 Å². The molecule has 1 spiro atoms. The molecule has 0 N–H and O–H groups in total. The van der Waals surface area contributed by atoms with Gasteiger partial charge in [-0.2, -0.15) is 0 Å². The van der Waals surface area contributed by atoms with E-state index >= 15 is 0 Å². The Hall–Kier alpha value is -0.940. The molecule has 3 fully saturated rings. The van der Waals surface area contributed by atoms with Crippen LogP contribution < -0.4 is 0 Å². The fourth-order valence-corrected chi connectivity index (χ4v) is 3.80. The number of ether oxygens (including phenoxy) is 3. The number of hydrogen-bond acceptors (Lipinski definition) is 5. The summed E-state index contributed by atoms with van der Waals surface area (Å²) in [7, 11) is 1.34. The molecule has 3 atom stereocenters. The van der Waals surface area contributed by atoms with Crippen molar-refractivity contribution in [3.8, 4) is 0 Å². The van der Waals surface area contributed by atoms with Gasteiger partial charge >= 0.3 is 5.97 Å². The number of methoxy groups -OCH3 is 1. The van der Waals surface area contributed by atoms with E-state index in [1.807, 2.05) is 0 Å². The molecule has 5 heteroatoms. The van der Waals surface area contributed by atoms with Crippen LogP contribution in [0.3, 0.4) is 0 Å². The molecule has 0 radical (unpaired) electrons. The number of fused-ring (bicyclic) bond motifs is 1. The quantitative estimate of drug-likeness (QED) is 0.539. The highest BCUT2D eigenvalue weighted by atomic mass is 16.7. The Morgan fingerprint density at radius 3 is 2.50 bits per heavy atom. The number of Topliss-reactive ketones (excluding diaryl/α,β-unsaturated/α-hetero) is 1. The van der Waals surface area contributed by atoms with Crippen molar-refractivity contribution in [2.24, 2.45) is 23.2 Å². The van der Waals surface area contributed by atoms with Crippen LogP contribution in [0.1, 0.15) is 33.1 Å². The summed E-state index contributed by atoms with van der Waals surface area (Å²) >= 11 is 0. The molecule has 0 aromatic carbocycles. The summed E-state index contributed by atoms with van der Waals surface area (Å²) < 4.78 is 16.8. The van der Waals surface area contributed by atoms with Crippen LogP contribution in [0, 0.1) is 23.2 Å². The summed E-state index contributed by atoms with van der Waals surface area (Å²) in [6.45, 7) is 5.53. The molecule has 1 aliphatic heterocycles. The Morgan fingerprint density at radius 2 is 1.90 bits per heavy atom. The molecule has 0 unspecified atom stereocenters. The van der Waals surface area contributed by atoms with Gasteiger partial charge in [-0.05, 0) is 11.8 Å². The van der Waals surface area contributed by atoms with E-state index < -0.39 is 17.7 Å². The van der Waals surface area contributed by atoms with Crippen LogP contribution in [-0.2, 0) is 23.8 Å². The van der Waals surface area contributed by atoms with Crippen molar-refractivity contribution in [1.29, 1.82) is 0 Å². The van der Waals surface area contributed by atoms with E-state index in [0.717, 1.165) is 0 Å². The summed E-state index contributed by atoms with van der Waals surface area (Å²) in [5, 5.41) is 0. The molecule has 20 heavy (non-hydrogen) atoms. The molecule has 2 aliphatic carbocycles. The predicted octanol–water partition coefficient (Wildman–Crippen LogP) is 1.54. The minimum Gasteiger partial charge on any atom is -0.468 e. The second-order valence-corrected chi connectivity index (χ2v) is 7.16. The third-order valence-electron chi connectivity index (χ3n) is 4.87. The maximum absolute atomic E-state index is 12.0. The van der Waals surface area contributed by atoms with Gasteiger partial charge in [0, 0.05) is 24.7 Å². The highest BCUT2D eigenvalue weighted by molar-refractivity contribution is 6.01. The molecular weight excluding hydrogens is 260 g/mol. The summed E-state index contributed by atoms with van der Waals surface area (Å²) in [6.07, 6.45) is 1.79. The lowest BCUT2D eigenvalue weighted by Gasteiger charge is -2.42. The molecule has 1 heterocycles. The zero-order valence-corrected chi connectivity index (χ0v) is 12.3. The topological polar surface area (TPSA) is 61.8 Å². The smallest absolute Gasteiger partial charge is 0.316 e. The summed E-state index contributed by atoms with van der Waals surface area (Å²) in [5.74, 6) is -1.40. The van der Waals surface area contributed by atoms with Gasteiger partial charge in [-0.3, -0.25) is 9.59 Å². The van der Waals surface area contributed by atoms with Crippen LogP contribution in [0.4, 0.5) is 0 Å². The van der Waals surface area contributed by atoms with Gasteiger partial charge < -0.3 is 14.2 Å². The van der Waals surface area contributed by atoms with Crippen molar-refractivity contribution < 1.29 is 23.8 Å². The van der Waals surface area contributed by atoms with Crippen LogP contribution >= 0.6 is 0 Å². The van der Waals surface area contributed by atoms with E-state index in [4.69, 9.17) is 14.2 Å². The lowest BCUT2D eigenvalue weighted by atomic mass is 9.91. The molecule has 5 nitrogen and oxygen atoms in total. The zero-order chi connectivity index (χ0) is 14.5. The van der Waals surface area contributed by atoms with Crippen LogP contribution in [0.2, 0.25) is 0 Å². The Morgan fingerprint density at radius 1 is 1.25 bits per heavy atom. The van der Waals surface area contributed by atoms with E-state index in [2.05, 4.69) is 13.8 Å². The van der Waals surface area contributed by atoms with Gasteiger partial charge in [-0.1, -0.05) is 13.8 Å². The third kappa shape index (κ3) is 2.17. The molecule has 0 amide bonds. The van der Waals surface area contributed by atoms with Crippen molar-refractivity contribution >= 4 is 11.8 Å². The van der Waals surface area contributed by atoms with Crippen molar-refractivity contribution in [3.63, 3.8) is 0 Å². The standard InChI is InChI=1S/C15H22O5/c1-14(2)7-19-15(20-8-14)5-9-4-11(16)12(10(9)6-15)13(17)18-3/h9-10,12H,4-8H2,1-3H3/t9-,10+,12-/m0/s1. The normalized spacial score (nSPS) is 38.0. The highest BCUT2D eigenvalue weighted by Crippen LogP contribution is 2.53. The fourth-order valence-electron chi connectivity index (χ4n) is 3.80. The van der Waals surface area contributed by atoms with Crippen LogP contribution in [0.5, 0.6) is 0 Å². The number of rotatable bonds is 1. The SMILES string of the molecule is COC(=O)[C@@H]1C(=O)C[C@H]2CC3(C[C@H]21)OCC(C)(C)CO3. The Balaban J connectivity index is 1.74. The molecule has 3 aliphatic rings. The maximum atomic E-state index is 12.0. The minimum atomic E-state index is -0.619. The molecule has 0 aromatic rings. The minimum absolute atomic E-state index is 0.0103. The predicted molar refractivity (Wildman–Crippen MR) is 69.8 cm³/mol. The molecule has 1 saturated heterocycles. The Labute approximate surface area is 118 Å². The van der Waals surface area contributed by atoms with Crippen LogP contribution in [0.15, 0.2) is 0 Å². The number of esters is 1. The molecule has 2 saturated carbocycles. The monoisotopic (exact) mass is 282 g/mol. The number of carbonyl (C=O) groups excluding carboxylic acids is 2. The Bertz CT molecular complexity index is 424. The lowest BCUT2D eigenvalue weighted by molar-refractivity contribution is -0.297. The molecule has 0 bridgehead atoms. The van der Waals surface area contributed by atoms with Crippen LogP contribution in [0.25, 0.3) is 0 Å². The number of carbonyl (C=O) groups is 2. The first-order valence-electron chi connectivity index (χ1n) is 7.24. The summed E-state index contributed by atoms with van der Waals surface area (Å²) in [6, 6.07) is 0. The zero-order valence-electron chi connectivity index (χ0n) is 12.3. The van der Waals surface area contributed by atoms with Crippen LogP contribution in [-0.4, -0.2) is 37.9 Å². The number of hydrogen-bond donors (Lipinski definition) is 0. The van der Waals surface area contributed by atoms with Crippen molar-refractivity contribution in [1.82, 2.24) is 0 Å². The second-order valence-electron chi connectivity index (χ2n) is 7.16. The van der Waals surface area contributed by atoms with E-state index in [0.29, 0.717) is 32.5 Å². The van der Waals surface area contributed by atoms with Crippen molar-refractivity contribution in [3.05, 3.63) is 0 Å². The molecule has 112 valence electrons. The van der Waals surface area contributed by atoms with Gasteiger partial charge in [-0.15, -0.1) is 0 Å². The van der Waals surface area contributed by atoms with E-state index in [-0.39, 0.29) is 23.0 Å². The molecular formula is C15H22O5. The van der Waals surface area contributed by atoms with E-state index in [1.165, 1.54) is 7.11 Å². The summed E-state index contributed by atoms with van der Waals surface area (Å²) in [4.78, 5) is 23.8. The maximum Gasteiger partial charge on any atom is 0.316 e. The first-order chi connectivity index (χ1) is 9.36. The average molecular weight is 282 g/mol. The molecule has 3 rings (SSSR count). The molecule has 0 aromatic heterocycles. The fraction of sp³-hybridized carbons (Fsp3) is 0.867. The first-order valence-corrected chi connectivity index (χ1v) is 7.24. The average Bonchev–Trinajstić information content (AvgIpc) is 2.86.